The molecule has 142 valence electrons. The maximum Gasteiger partial charge on any atom is 0.320 e. The van der Waals surface area contributed by atoms with Crippen molar-refractivity contribution in [2.24, 2.45) is 5.92 Å². The topological polar surface area (TPSA) is 100 Å². The molecule has 27 heavy (non-hydrogen) atoms. The van der Waals surface area contributed by atoms with Crippen LogP contribution in [0, 0.1) is 5.92 Å². The number of urea groups is 1. The van der Waals surface area contributed by atoms with Crippen molar-refractivity contribution in [2.75, 3.05) is 11.9 Å². The molecule has 1 aliphatic heterocycles. The molecule has 1 saturated heterocycles. The number of hydrogen-bond acceptors (Lipinski definition) is 4. The highest BCUT2D eigenvalue weighted by Gasteiger charge is 2.40. The van der Waals surface area contributed by atoms with Crippen LogP contribution in [0.2, 0.25) is 0 Å². The van der Waals surface area contributed by atoms with Gasteiger partial charge in [0.25, 0.3) is 0 Å². The van der Waals surface area contributed by atoms with Gasteiger partial charge in [-0.3, -0.25) is 15.4 Å². The van der Waals surface area contributed by atoms with E-state index in [2.05, 4.69) is 26.4 Å². The molecule has 4 N–H and O–H groups in total. The number of hydrogen-bond donors (Lipinski definition) is 4. The Hall–Kier alpha value is -2.87. The normalized spacial score (nSPS) is 24.2. The molecule has 1 aromatic heterocycles. The van der Waals surface area contributed by atoms with Crippen molar-refractivity contribution < 1.29 is 9.59 Å². The summed E-state index contributed by atoms with van der Waals surface area (Å²) >= 11 is 0. The Bertz CT molecular complexity index is 834. The van der Waals surface area contributed by atoms with E-state index in [1.807, 2.05) is 43.3 Å². The Morgan fingerprint density at radius 2 is 2.11 bits per heavy atom. The standard InChI is InChI=1S/C19H24N6O2/c1-2-20-19(27)22-16-11-15(12-7-4-3-5-8-12)24-25(16)18-21-14-10-6-9-13(14)17(26)23-18/h3-5,7-8,11,13-14,18,21H,2,6,9-10H2,1H3,(H,23,26)(H2,20,22,27). The number of fused-ring (bicyclic) bond motifs is 1. The minimum Gasteiger partial charge on any atom is -0.338 e. The number of aromatic nitrogens is 2. The zero-order valence-corrected chi connectivity index (χ0v) is 15.2. The molecule has 4 rings (SSSR count). The number of nitrogens with zero attached hydrogens (tertiary/aromatic N) is 2. The van der Waals surface area contributed by atoms with Crippen molar-refractivity contribution in [2.45, 2.75) is 38.5 Å². The second-order valence-electron chi connectivity index (χ2n) is 6.93. The van der Waals surface area contributed by atoms with Crippen LogP contribution in [-0.2, 0) is 4.79 Å². The molecule has 8 nitrogen and oxygen atoms in total. The second-order valence-corrected chi connectivity index (χ2v) is 6.93. The number of amides is 3. The minimum absolute atomic E-state index is 0.0187. The van der Waals surface area contributed by atoms with Crippen molar-refractivity contribution in [1.29, 1.82) is 0 Å². The third kappa shape index (κ3) is 3.52. The van der Waals surface area contributed by atoms with Gasteiger partial charge in [-0.2, -0.15) is 5.10 Å². The van der Waals surface area contributed by atoms with Gasteiger partial charge in [0.2, 0.25) is 5.91 Å². The lowest BCUT2D eigenvalue weighted by molar-refractivity contribution is -0.130. The maximum atomic E-state index is 12.5. The van der Waals surface area contributed by atoms with Gasteiger partial charge in [-0.1, -0.05) is 36.8 Å². The van der Waals surface area contributed by atoms with E-state index < -0.39 is 6.29 Å². The van der Waals surface area contributed by atoms with Crippen molar-refractivity contribution >= 4 is 17.8 Å². The zero-order chi connectivity index (χ0) is 18.8. The molecule has 2 aromatic rings. The summed E-state index contributed by atoms with van der Waals surface area (Å²) in [6.07, 6.45) is 2.43. The molecule has 2 fully saturated rings. The first-order chi connectivity index (χ1) is 13.2. The Morgan fingerprint density at radius 3 is 2.89 bits per heavy atom. The zero-order valence-electron chi connectivity index (χ0n) is 15.2. The summed E-state index contributed by atoms with van der Waals surface area (Å²) in [7, 11) is 0. The fourth-order valence-corrected chi connectivity index (χ4v) is 3.85. The third-order valence-corrected chi connectivity index (χ3v) is 5.13. The van der Waals surface area contributed by atoms with E-state index in [0.29, 0.717) is 12.4 Å². The van der Waals surface area contributed by atoms with Gasteiger partial charge in [0.1, 0.15) is 5.82 Å². The van der Waals surface area contributed by atoms with Gasteiger partial charge in [0, 0.05) is 24.2 Å². The number of benzene rings is 1. The highest BCUT2D eigenvalue weighted by Crippen LogP contribution is 2.31. The van der Waals surface area contributed by atoms with Crippen LogP contribution in [-0.4, -0.2) is 34.3 Å². The van der Waals surface area contributed by atoms with Crippen molar-refractivity contribution in [3.8, 4) is 11.3 Å². The predicted octanol–water partition coefficient (Wildman–Crippen LogP) is 2.04. The van der Waals surface area contributed by atoms with Gasteiger partial charge in [-0.25, -0.2) is 9.48 Å². The summed E-state index contributed by atoms with van der Waals surface area (Å²) in [6.45, 7) is 2.38. The molecule has 3 unspecified atom stereocenters. The Morgan fingerprint density at radius 1 is 1.30 bits per heavy atom. The molecule has 3 atom stereocenters. The van der Waals surface area contributed by atoms with Crippen LogP contribution in [0.4, 0.5) is 10.6 Å². The Labute approximate surface area is 157 Å². The maximum absolute atomic E-state index is 12.5. The summed E-state index contributed by atoms with van der Waals surface area (Å²) in [5.41, 5.74) is 1.67. The lowest BCUT2D eigenvalue weighted by Crippen LogP contribution is -2.57. The molecule has 1 aromatic carbocycles. The van der Waals surface area contributed by atoms with Crippen molar-refractivity contribution in [3.05, 3.63) is 36.4 Å². The quantitative estimate of drug-likeness (QED) is 0.663. The lowest BCUT2D eigenvalue weighted by atomic mass is 10.0. The van der Waals surface area contributed by atoms with Gasteiger partial charge < -0.3 is 10.6 Å². The van der Waals surface area contributed by atoms with Crippen LogP contribution in [0.25, 0.3) is 11.3 Å². The van der Waals surface area contributed by atoms with Crippen LogP contribution in [0.5, 0.6) is 0 Å². The second kappa shape index (κ2) is 7.40. The third-order valence-electron chi connectivity index (χ3n) is 5.13. The first-order valence-corrected chi connectivity index (χ1v) is 9.42. The highest BCUT2D eigenvalue weighted by molar-refractivity contribution is 5.89. The van der Waals surface area contributed by atoms with E-state index in [0.717, 1.165) is 30.5 Å². The smallest absolute Gasteiger partial charge is 0.320 e. The summed E-state index contributed by atoms with van der Waals surface area (Å²) in [6, 6.07) is 11.4. The predicted molar refractivity (Wildman–Crippen MR) is 102 cm³/mol. The molecule has 3 amide bonds. The van der Waals surface area contributed by atoms with Crippen LogP contribution < -0.4 is 21.3 Å². The number of carbonyl (C=O) groups is 2. The Kier molecular flexibility index (Phi) is 4.81. The van der Waals surface area contributed by atoms with Crippen LogP contribution in [0.1, 0.15) is 32.5 Å². The number of rotatable bonds is 4. The van der Waals surface area contributed by atoms with E-state index in [4.69, 9.17) is 0 Å². The van der Waals surface area contributed by atoms with E-state index in [-0.39, 0.29) is 23.9 Å². The van der Waals surface area contributed by atoms with Gasteiger partial charge >= 0.3 is 6.03 Å². The van der Waals surface area contributed by atoms with Crippen LogP contribution in [0.3, 0.4) is 0 Å². The average Bonchev–Trinajstić information content (AvgIpc) is 3.30. The fraction of sp³-hybridized carbons (Fsp3) is 0.421. The van der Waals surface area contributed by atoms with Gasteiger partial charge in [0.15, 0.2) is 6.29 Å². The molecule has 0 bridgehead atoms. The minimum atomic E-state index is -0.494. The molecule has 0 spiro atoms. The van der Waals surface area contributed by atoms with E-state index in [1.54, 1.807) is 4.68 Å². The fourth-order valence-electron chi connectivity index (χ4n) is 3.85. The van der Waals surface area contributed by atoms with E-state index >= 15 is 0 Å². The molecule has 1 aliphatic carbocycles. The SMILES string of the molecule is CCNC(=O)Nc1cc(-c2ccccc2)nn1C1NC(=O)C2CCCC2N1. The molecule has 8 heteroatoms. The number of anilines is 1. The van der Waals surface area contributed by atoms with E-state index in [9.17, 15) is 9.59 Å². The summed E-state index contributed by atoms with van der Waals surface area (Å²) < 4.78 is 1.64. The highest BCUT2D eigenvalue weighted by atomic mass is 16.2. The van der Waals surface area contributed by atoms with Crippen molar-refractivity contribution in [1.82, 2.24) is 25.7 Å². The summed E-state index contributed by atoms with van der Waals surface area (Å²) in [5.74, 6) is 0.584. The monoisotopic (exact) mass is 368 g/mol. The number of carbonyl (C=O) groups excluding carboxylic acids is 2. The molecular weight excluding hydrogens is 344 g/mol. The summed E-state index contributed by atoms with van der Waals surface area (Å²) in [5, 5.41) is 16.7. The van der Waals surface area contributed by atoms with Crippen LogP contribution >= 0.6 is 0 Å². The van der Waals surface area contributed by atoms with Gasteiger partial charge in [0.05, 0.1) is 11.6 Å². The van der Waals surface area contributed by atoms with Crippen LogP contribution in [0.15, 0.2) is 36.4 Å². The van der Waals surface area contributed by atoms with Gasteiger partial charge in [-0.15, -0.1) is 0 Å². The molecule has 2 aliphatic rings. The van der Waals surface area contributed by atoms with E-state index in [1.165, 1.54) is 0 Å². The number of nitrogens with one attached hydrogen (secondary N) is 4. The lowest BCUT2D eigenvalue weighted by Gasteiger charge is -2.34. The van der Waals surface area contributed by atoms with Gasteiger partial charge in [-0.05, 0) is 19.8 Å². The first kappa shape index (κ1) is 17.5. The molecule has 1 saturated carbocycles. The average molecular weight is 368 g/mol. The molecule has 2 heterocycles. The molecule has 0 radical (unpaired) electrons. The molecular formula is C19H24N6O2. The Balaban J connectivity index is 1.66. The van der Waals surface area contributed by atoms with Crippen molar-refractivity contribution in [3.63, 3.8) is 0 Å². The summed E-state index contributed by atoms with van der Waals surface area (Å²) in [4.78, 5) is 24.5. The first-order valence-electron chi connectivity index (χ1n) is 9.42. The largest absolute Gasteiger partial charge is 0.338 e.